The largest absolute Gasteiger partial charge is 0.491 e. The Bertz CT molecular complexity index is 769. The Morgan fingerprint density at radius 1 is 0.957 bits per heavy atom. The van der Waals surface area contributed by atoms with Crippen LogP contribution in [0.4, 0.5) is 0 Å². The molecule has 0 saturated heterocycles. The lowest BCUT2D eigenvalue weighted by Gasteiger charge is -2.17. The molecule has 0 fully saturated rings. The molecule has 3 nitrogen and oxygen atoms in total. The zero-order chi connectivity index (χ0) is 16.1. The standard InChI is InChI=1S/C20H22N2O/c1-15(2)23-20-8-7-17-5-3-4-6-18(17)19(20)14-22-13-16-9-11-21-12-10-16/h3-12,15,22H,13-14H2,1-2H3. The quantitative estimate of drug-likeness (QED) is 0.737. The molecule has 0 unspecified atom stereocenters. The second-order valence-electron chi connectivity index (χ2n) is 5.89. The molecule has 1 aromatic heterocycles. The highest BCUT2D eigenvalue weighted by Gasteiger charge is 2.10. The Hall–Kier alpha value is -2.39. The normalized spacial score (nSPS) is 11.1. The maximum atomic E-state index is 6.01. The molecule has 1 N–H and O–H groups in total. The maximum absolute atomic E-state index is 6.01. The van der Waals surface area contributed by atoms with Crippen molar-refractivity contribution in [1.82, 2.24) is 10.3 Å². The Morgan fingerprint density at radius 2 is 1.74 bits per heavy atom. The number of nitrogens with one attached hydrogen (secondary N) is 1. The summed E-state index contributed by atoms with van der Waals surface area (Å²) in [5, 5.41) is 6.00. The van der Waals surface area contributed by atoms with Gasteiger partial charge in [0.2, 0.25) is 0 Å². The minimum Gasteiger partial charge on any atom is -0.491 e. The van der Waals surface area contributed by atoms with Crippen molar-refractivity contribution in [2.75, 3.05) is 0 Å². The topological polar surface area (TPSA) is 34.1 Å². The molecule has 1 heterocycles. The van der Waals surface area contributed by atoms with E-state index in [2.05, 4.69) is 60.5 Å². The van der Waals surface area contributed by atoms with Gasteiger partial charge in [0.1, 0.15) is 5.75 Å². The lowest BCUT2D eigenvalue weighted by molar-refractivity contribution is 0.240. The van der Waals surface area contributed by atoms with Gasteiger partial charge in [-0.15, -0.1) is 0 Å². The first-order chi connectivity index (χ1) is 11.2. The van der Waals surface area contributed by atoms with Crippen LogP contribution in [0.5, 0.6) is 5.75 Å². The van der Waals surface area contributed by atoms with Crippen LogP contribution < -0.4 is 10.1 Å². The van der Waals surface area contributed by atoms with Crippen molar-refractivity contribution in [2.45, 2.75) is 33.0 Å². The van der Waals surface area contributed by atoms with Gasteiger partial charge in [-0.25, -0.2) is 0 Å². The molecule has 0 radical (unpaired) electrons. The Morgan fingerprint density at radius 3 is 2.52 bits per heavy atom. The Kier molecular flexibility index (Phi) is 4.89. The van der Waals surface area contributed by atoms with Crippen LogP contribution in [0.15, 0.2) is 60.9 Å². The molecule has 3 aromatic rings. The molecule has 118 valence electrons. The van der Waals surface area contributed by atoms with Crippen LogP contribution in [-0.4, -0.2) is 11.1 Å². The molecule has 0 amide bonds. The summed E-state index contributed by atoms with van der Waals surface area (Å²) in [5.41, 5.74) is 2.44. The Balaban J connectivity index is 1.84. The first-order valence-electron chi connectivity index (χ1n) is 8.01. The van der Waals surface area contributed by atoms with E-state index >= 15 is 0 Å². The number of ether oxygens (including phenoxy) is 1. The van der Waals surface area contributed by atoms with Gasteiger partial charge in [0.25, 0.3) is 0 Å². The maximum Gasteiger partial charge on any atom is 0.124 e. The van der Waals surface area contributed by atoms with Crippen molar-refractivity contribution in [3.63, 3.8) is 0 Å². The summed E-state index contributed by atoms with van der Waals surface area (Å²) in [6.45, 7) is 5.70. The zero-order valence-electron chi connectivity index (χ0n) is 13.6. The summed E-state index contributed by atoms with van der Waals surface area (Å²) in [6.07, 6.45) is 3.81. The van der Waals surface area contributed by atoms with E-state index in [0.29, 0.717) is 0 Å². The molecule has 0 atom stereocenters. The molecule has 2 aromatic carbocycles. The summed E-state index contributed by atoms with van der Waals surface area (Å²) in [5.74, 6) is 0.959. The minimum absolute atomic E-state index is 0.162. The van der Waals surface area contributed by atoms with Gasteiger partial charge in [0, 0.05) is 31.0 Å². The molecule has 0 bridgehead atoms. The number of benzene rings is 2. The number of nitrogens with zero attached hydrogens (tertiary/aromatic N) is 1. The van der Waals surface area contributed by atoms with Crippen LogP contribution in [0.2, 0.25) is 0 Å². The monoisotopic (exact) mass is 306 g/mol. The zero-order valence-corrected chi connectivity index (χ0v) is 13.6. The van der Waals surface area contributed by atoms with Crippen molar-refractivity contribution in [2.24, 2.45) is 0 Å². The molecule has 0 saturated carbocycles. The SMILES string of the molecule is CC(C)Oc1ccc2ccccc2c1CNCc1ccncc1. The van der Waals surface area contributed by atoms with Gasteiger partial charge in [0.05, 0.1) is 6.10 Å². The molecular weight excluding hydrogens is 284 g/mol. The van der Waals surface area contributed by atoms with Crippen LogP contribution >= 0.6 is 0 Å². The third-order valence-electron chi connectivity index (χ3n) is 3.74. The van der Waals surface area contributed by atoms with E-state index in [0.717, 1.165) is 18.8 Å². The van der Waals surface area contributed by atoms with E-state index in [4.69, 9.17) is 4.74 Å². The predicted octanol–water partition coefficient (Wildman–Crippen LogP) is 4.31. The second-order valence-corrected chi connectivity index (χ2v) is 5.89. The lowest BCUT2D eigenvalue weighted by atomic mass is 10.0. The van der Waals surface area contributed by atoms with E-state index < -0.39 is 0 Å². The van der Waals surface area contributed by atoms with Crippen LogP contribution in [0.1, 0.15) is 25.0 Å². The van der Waals surface area contributed by atoms with Crippen molar-refractivity contribution in [1.29, 1.82) is 0 Å². The van der Waals surface area contributed by atoms with Crippen LogP contribution in [0.25, 0.3) is 10.8 Å². The number of hydrogen-bond donors (Lipinski definition) is 1. The molecule has 3 rings (SSSR count). The molecule has 23 heavy (non-hydrogen) atoms. The first-order valence-corrected chi connectivity index (χ1v) is 8.01. The highest BCUT2D eigenvalue weighted by atomic mass is 16.5. The summed E-state index contributed by atoms with van der Waals surface area (Å²) in [6, 6.07) is 16.7. The van der Waals surface area contributed by atoms with E-state index in [9.17, 15) is 0 Å². The lowest BCUT2D eigenvalue weighted by Crippen LogP contribution is -2.15. The van der Waals surface area contributed by atoms with Gasteiger partial charge in [0.15, 0.2) is 0 Å². The fourth-order valence-electron chi connectivity index (χ4n) is 2.70. The van der Waals surface area contributed by atoms with Crippen molar-refractivity contribution in [3.05, 3.63) is 72.1 Å². The van der Waals surface area contributed by atoms with Gasteiger partial charge < -0.3 is 10.1 Å². The van der Waals surface area contributed by atoms with E-state index in [-0.39, 0.29) is 6.10 Å². The smallest absolute Gasteiger partial charge is 0.124 e. The van der Waals surface area contributed by atoms with Gasteiger partial charge in [-0.05, 0) is 48.4 Å². The number of rotatable bonds is 6. The summed E-state index contributed by atoms with van der Waals surface area (Å²) < 4.78 is 6.01. The highest BCUT2D eigenvalue weighted by molar-refractivity contribution is 5.87. The van der Waals surface area contributed by atoms with Crippen LogP contribution in [0, 0.1) is 0 Å². The van der Waals surface area contributed by atoms with Crippen molar-refractivity contribution < 1.29 is 4.74 Å². The first kappa shape index (κ1) is 15.5. The van der Waals surface area contributed by atoms with E-state index in [1.807, 2.05) is 24.5 Å². The molecule has 0 aliphatic heterocycles. The summed E-state index contributed by atoms with van der Waals surface area (Å²) in [7, 11) is 0. The number of pyridine rings is 1. The molecule has 0 spiro atoms. The van der Waals surface area contributed by atoms with Gasteiger partial charge in [-0.1, -0.05) is 30.3 Å². The second kappa shape index (κ2) is 7.25. The predicted molar refractivity (Wildman–Crippen MR) is 94.5 cm³/mol. The van der Waals surface area contributed by atoms with E-state index in [1.54, 1.807) is 0 Å². The molecule has 0 aliphatic carbocycles. The summed E-state index contributed by atoms with van der Waals surface area (Å²) in [4.78, 5) is 4.05. The third kappa shape index (κ3) is 3.88. The van der Waals surface area contributed by atoms with Crippen LogP contribution in [0.3, 0.4) is 0 Å². The van der Waals surface area contributed by atoms with Crippen LogP contribution in [-0.2, 0) is 13.1 Å². The molecular formula is C20H22N2O. The highest BCUT2D eigenvalue weighted by Crippen LogP contribution is 2.28. The van der Waals surface area contributed by atoms with E-state index in [1.165, 1.54) is 21.9 Å². The van der Waals surface area contributed by atoms with Crippen molar-refractivity contribution in [3.8, 4) is 5.75 Å². The fraction of sp³-hybridized carbons (Fsp3) is 0.250. The van der Waals surface area contributed by atoms with Gasteiger partial charge >= 0.3 is 0 Å². The number of aromatic nitrogens is 1. The molecule has 3 heteroatoms. The fourth-order valence-corrected chi connectivity index (χ4v) is 2.70. The Labute approximate surface area is 137 Å². The summed E-state index contributed by atoms with van der Waals surface area (Å²) >= 11 is 0. The number of hydrogen-bond acceptors (Lipinski definition) is 3. The number of fused-ring (bicyclic) bond motifs is 1. The van der Waals surface area contributed by atoms with Crippen molar-refractivity contribution >= 4 is 10.8 Å². The molecule has 0 aliphatic rings. The third-order valence-corrected chi connectivity index (χ3v) is 3.74. The van der Waals surface area contributed by atoms with Gasteiger partial charge in [-0.2, -0.15) is 0 Å². The van der Waals surface area contributed by atoms with Gasteiger partial charge in [-0.3, -0.25) is 4.98 Å². The minimum atomic E-state index is 0.162. The average molecular weight is 306 g/mol. The average Bonchev–Trinajstić information content (AvgIpc) is 2.57.